The van der Waals surface area contributed by atoms with Crippen molar-refractivity contribution < 1.29 is 56.4 Å². The van der Waals surface area contributed by atoms with Crippen LogP contribution in [-0.4, -0.2) is 60.0 Å². The van der Waals surface area contributed by atoms with Gasteiger partial charge in [-0.25, -0.2) is 0 Å². The van der Waals surface area contributed by atoms with Crippen LogP contribution >= 0.6 is 0 Å². The molecule has 0 aliphatic carbocycles. The third-order valence-corrected chi connectivity index (χ3v) is 4.93. The van der Waals surface area contributed by atoms with Gasteiger partial charge in [0.05, 0.1) is 46.2 Å². The van der Waals surface area contributed by atoms with Crippen LogP contribution in [-0.2, 0) is 63.6 Å². The van der Waals surface area contributed by atoms with Gasteiger partial charge in [0, 0.05) is 39.8 Å². The average Bonchev–Trinajstić information content (AvgIpc) is 2.85. The maximum atomic E-state index is 7.78. The molecule has 1 radical (unpaired) electrons. The fourth-order valence-electron chi connectivity index (χ4n) is 3.08. The van der Waals surface area contributed by atoms with E-state index in [1.807, 2.05) is 12.1 Å². The van der Waals surface area contributed by atoms with Crippen molar-refractivity contribution in [3.8, 4) is 16.9 Å². The van der Waals surface area contributed by atoms with Crippen LogP contribution in [0.1, 0.15) is 31.9 Å². The average molecular weight is 565 g/mol. The molecule has 0 bridgehead atoms. The summed E-state index contributed by atoms with van der Waals surface area (Å²) in [4.78, 5) is 0. The van der Waals surface area contributed by atoms with Gasteiger partial charge in [-0.3, -0.25) is 0 Å². The smallest absolute Gasteiger partial charge is 0.120 e. The second-order valence-electron chi connectivity index (χ2n) is 8.55. The van der Waals surface area contributed by atoms with E-state index in [4.69, 9.17) is 35.3 Å². The molecule has 0 spiro atoms. The maximum Gasteiger partial charge on any atom is 0.120 e. The molecular weight excluding hydrogens is 523 g/mol. The Bertz CT molecular complexity index is 786. The summed E-state index contributed by atoms with van der Waals surface area (Å²) in [5.41, 5.74) is 12.3. The minimum absolute atomic E-state index is 0. The van der Waals surface area contributed by atoms with Crippen molar-refractivity contribution in [1.29, 1.82) is 0 Å². The summed E-state index contributed by atoms with van der Waals surface area (Å²) in [5.74, 6) is 9.76. The number of hydrogen-bond acceptors (Lipinski definition) is 6. The van der Waals surface area contributed by atoms with Gasteiger partial charge in [0.2, 0.25) is 0 Å². The van der Waals surface area contributed by atoms with Gasteiger partial charge >= 0.3 is 0 Å². The van der Waals surface area contributed by atoms with E-state index in [1.165, 1.54) is 5.56 Å². The molecule has 0 aromatic heterocycles. The first kappa shape index (κ1) is 34.1. The van der Waals surface area contributed by atoms with Crippen LogP contribution in [0.2, 0.25) is 0 Å². The van der Waals surface area contributed by atoms with Crippen LogP contribution in [0.3, 0.4) is 0 Å². The Kier molecular flexibility index (Phi) is 19.6. The Morgan fingerprint density at radius 1 is 0.714 bits per heavy atom. The molecule has 0 aliphatic heterocycles. The van der Waals surface area contributed by atoms with Gasteiger partial charge in [0.1, 0.15) is 12.4 Å². The molecular formula is C26H41N3O5Y-2. The normalized spacial score (nSPS) is 10.8. The monoisotopic (exact) mass is 564 g/mol. The summed E-state index contributed by atoms with van der Waals surface area (Å²) in [6.07, 6.45) is 0. The van der Waals surface area contributed by atoms with Crippen molar-refractivity contribution in [1.82, 2.24) is 0 Å². The van der Waals surface area contributed by atoms with Crippen LogP contribution in [0.5, 0.6) is 5.75 Å². The molecule has 0 saturated heterocycles. The van der Waals surface area contributed by atoms with E-state index in [0.29, 0.717) is 52.9 Å². The maximum absolute atomic E-state index is 7.78. The first-order valence-corrected chi connectivity index (χ1v) is 11.5. The van der Waals surface area contributed by atoms with E-state index in [9.17, 15) is 0 Å². The number of rotatable bonds is 15. The van der Waals surface area contributed by atoms with E-state index in [0.717, 1.165) is 22.4 Å². The zero-order valence-electron chi connectivity index (χ0n) is 21.6. The predicted molar refractivity (Wildman–Crippen MR) is 137 cm³/mol. The standard InChI is InChI=1S/C26H38NO5.H3N2.Y/c1-26(2,3)24-7-5-22(6-8-24)23-17-21(20-27)18-25(19-23)32-16-15-31-14-13-30-12-11-29-10-9-28-4;1-2;/h5-8,17-19,27H,9-16,20H2,1-4H3;1H,2H2;/q2*-1;. The second kappa shape index (κ2) is 20.2. The summed E-state index contributed by atoms with van der Waals surface area (Å²) >= 11 is 0. The minimum Gasteiger partial charge on any atom is -0.674 e. The van der Waals surface area contributed by atoms with Crippen LogP contribution in [0.15, 0.2) is 42.5 Å². The molecule has 0 fully saturated rings. The van der Waals surface area contributed by atoms with E-state index in [-0.39, 0.29) is 44.7 Å². The molecule has 2 aromatic rings. The van der Waals surface area contributed by atoms with Gasteiger partial charge in [0.25, 0.3) is 0 Å². The van der Waals surface area contributed by atoms with Gasteiger partial charge in [-0.2, -0.15) is 0 Å². The van der Waals surface area contributed by atoms with Gasteiger partial charge in [-0.15, -0.1) is 6.54 Å². The Labute approximate surface area is 236 Å². The van der Waals surface area contributed by atoms with Gasteiger partial charge in [-0.1, -0.05) is 56.7 Å². The summed E-state index contributed by atoms with van der Waals surface area (Å²) in [7, 11) is 1.65. The van der Waals surface area contributed by atoms with E-state index < -0.39 is 0 Å². The summed E-state index contributed by atoms with van der Waals surface area (Å²) in [5, 5.41) is 0. The molecule has 0 amide bonds. The molecule has 0 heterocycles. The largest absolute Gasteiger partial charge is 0.674 e. The van der Waals surface area contributed by atoms with Crippen molar-refractivity contribution in [2.75, 3.05) is 60.0 Å². The Morgan fingerprint density at radius 3 is 1.71 bits per heavy atom. The van der Waals surface area contributed by atoms with Crippen molar-refractivity contribution >= 4 is 0 Å². The first-order valence-electron chi connectivity index (χ1n) is 11.5. The van der Waals surface area contributed by atoms with Crippen LogP contribution in [0, 0.1) is 0 Å². The fraction of sp³-hybridized carbons (Fsp3) is 0.538. The molecule has 8 nitrogen and oxygen atoms in total. The Hall–Kier alpha value is -0.936. The van der Waals surface area contributed by atoms with E-state index >= 15 is 0 Å². The molecule has 4 N–H and O–H groups in total. The molecule has 0 atom stereocenters. The van der Waals surface area contributed by atoms with Crippen molar-refractivity contribution in [2.24, 2.45) is 5.84 Å². The van der Waals surface area contributed by atoms with Gasteiger partial charge in [0.15, 0.2) is 0 Å². The van der Waals surface area contributed by atoms with Crippen LogP contribution < -0.4 is 10.6 Å². The van der Waals surface area contributed by atoms with Crippen molar-refractivity contribution in [2.45, 2.75) is 32.7 Å². The number of methoxy groups -OCH3 is 1. The number of benzene rings is 2. The zero-order chi connectivity index (χ0) is 25.2. The van der Waals surface area contributed by atoms with E-state index in [2.05, 4.69) is 56.9 Å². The molecule has 9 heteroatoms. The third-order valence-electron chi connectivity index (χ3n) is 4.93. The molecule has 2 aromatic carbocycles. The summed E-state index contributed by atoms with van der Waals surface area (Å²) in [6, 6.07) is 14.6. The topological polar surface area (TPSA) is 120 Å². The molecule has 2 rings (SSSR count). The van der Waals surface area contributed by atoms with Crippen molar-refractivity contribution in [3.05, 3.63) is 65.2 Å². The summed E-state index contributed by atoms with van der Waals surface area (Å²) < 4.78 is 27.1. The second-order valence-corrected chi connectivity index (χ2v) is 8.55. The van der Waals surface area contributed by atoms with Crippen molar-refractivity contribution in [3.63, 3.8) is 0 Å². The van der Waals surface area contributed by atoms with Gasteiger partial charge in [-0.05, 0) is 34.2 Å². The number of nitrogens with two attached hydrogens (primary N) is 1. The number of ether oxygens (including phenoxy) is 5. The Morgan fingerprint density at radius 2 is 1.23 bits per heavy atom. The predicted octanol–water partition coefficient (Wildman–Crippen LogP) is 5.19. The fourth-order valence-corrected chi connectivity index (χ4v) is 3.08. The first-order chi connectivity index (χ1) is 16.4. The Balaban J connectivity index is 0.00000375. The molecule has 0 unspecified atom stereocenters. The minimum atomic E-state index is 0. The summed E-state index contributed by atoms with van der Waals surface area (Å²) in [6.45, 7) is 11.1. The molecule has 0 aliphatic rings. The number of hydrogen-bond donors (Lipinski definition) is 1. The van der Waals surface area contributed by atoms with Crippen LogP contribution in [0.25, 0.3) is 22.7 Å². The van der Waals surface area contributed by atoms with E-state index in [1.54, 1.807) is 7.11 Å². The van der Waals surface area contributed by atoms with Gasteiger partial charge < -0.3 is 41.1 Å². The molecule has 0 saturated carbocycles. The quantitative estimate of drug-likeness (QED) is 0.181. The zero-order valence-corrected chi connectivity index (χ0v) is 24.4. The molecule has 195 valence electrons. The number of nitrogens with one attached hydrogen (secondary N) is 2. The molecule has 35 heavy (non-hydrogen) atoms. The third kappa shape index (κ3) is 14.4. The van der Waals surface area contributed by atoms with Crippen LogP contribution in [0.4, 0.5) is 0 Å². The SMILES string of the molecule is COCCOCCOCCOCCOc1cc(C[NH-])cc(-c2ccc(C(C)(C)C)cc2)c1.[NH-]N.[Y].